The predicted molar refractivity (Wildman–Crippen MR) is 65.5 cm³/mol. The molecule has 17 heavy (non-hydrogen) atoms. The number of benzene rings is 1. The molecule has 0 saturated carbocycles. The van der Waals surface area contributed by atoms with Gasteiger partial charge in [0, 0.05) is 0 Å². The summed E-state index contributed by atoms with van der Waals surface area (Å²) in [4.78, 5) is 0. The molecule has 0 amide bonds. The summed E-state index contributed by atoms with van der Waals surface area (Å²) in [7, 11) is 0. The zero-order valence-electron chi connectivity index (χ0n) is 8.77. The van der Waals surface area contributed by atoms with Crippen molar-refractivity contribution < 1.29 is 13.5 Å². The normalized spacial score (nSPS) is 10.8. The minimum atomic E-state index is -2.48. The molecule has 1 aromatic carbocycles. The third kappa shape index (κ3) is 5.76. The highest BCUT2D eigenvalue weighted by molar-refractivity contribution is 7.80. The second-order valence-corrected chi connectivity index (χ2v) is 3.45. The molecule has 92 valence electrons. The number of nitrogens with two attached hydrogens (primary N) is 1. The summed E-state index contributed by atoms with van der Waals surface area (Å²) in [5.41, 5.74) is 8.32. The van der Waals surface area contributed by atoms with E-state index in [0.717, 1.165) is 5.56 Å². The molecule has 0 aliphatic heterocycles. The number of alkyl halides is 2. The van der Waals surface area contributed by atoms with Gasteiger partial charge >= 0.3 is 0 Å². The summed E-state index contributed by atoms with van der Waals surface area (Å²) in [5, 5.41) is 3.81. The minimum Gasteiger partial charge on any atom is -0.488 e. The van der Waals surface area contributed by atoms with Crippen LogP contribution in [-0.2, 0) is 0 Å². The summed E-state index contributed by atoms with van der Waals surface area (Å²) in [6, 6.07) is 6.49. The van der Waals surface area contributed by atoms with Gasteiger partial charge in [0.05, 0.1) is 6.21 Å². The highest BCUT2D eigenvalue weighted by atomic mass is 32.1. The molecule has 3 N–H and O–H groups in total. The van der Waals surface area contributed by atoms with Gasteiger partial charge in [-0.15, -0.1) is 0 Å². The summed E-state index contributed by atoms with van der Waals surface area (Å²) >= 11 is 4.55. The number of hydrazone groups is 1. The van der Waals surface area contributed by atoms with Crippen LogP contribution in [0, 0.1) is 0 Å². The topological polar surface area (TPSA) is 59.6 Å². The smallest absolute Gasteiger partial charge is 0.272 e. The Labute approximate surface area is 102 Å². The zero-order chi connectivity index (χ0) is 12.7. The molecule has 0 aromatic heterocycles. The van der Waals surface area contributed by atoms with E-state index in [0.29, 0.717) is 5.75 Å². The summed E-state index contributed by atoms with van der Waals surface area (Å²) in [6.45, 7) is -0.615. The van der Waals surface area contributed by atoms with Crippen LogP contribution in [-0.4, -0.2) is 24.4 Å². The van der Waals surface area contributed by atoms with Crippen molar-refractivity contribution in [2.24, 2.45) is 10.8 Å². The fraction of sp³-hybridized carbons (Fsp3) is 0.200. The molecule has 0 atom stereocenters. The van der Waals surface area contributed by atoms with Gasteiger partial charge in [-0.25, -0.2) is 8.78 Å². The first-order valence-electron chi connectivity index (χ1n) is 4.67. The largest absolute Gasteiger partial charge is 0.488 e. The number of halogens is 2. The minimum absolute atomic E-state index is 0.0677. The predicted octanol–water partition coefficient (Wildman–Crippen LogP) is 1.50. The van der Waals surface area contributed by atoms with Crippen LogP contribution in [0.25, 0.3) is 0 Å². The van der Waals surface area contributed by atoms with Gasteiger partial charge in [-0.2, -0.15) is 5.10 Å². The van der Waals surface area contributed by atoms with Crippen LogP contribution in [0.5, 0.6) is 5.75 Å². The number of ether oxygens (including phenoxy) is 1. The monoisotopic (exact) mass is 259 g/mol. The average Bonchev–Trinajstić information content (AvgIpc) is 2.27. The molecule has 1 aromatic rings. The number of hydrogen-bond donors (Lipinski definition) is 2. The molecule has 0 aliphatic carbocycles. The Kier molecular flexibility index (Phi) is 5.28. The van der Waals surface area contributed by atoms with Gasteiger partial charge in [-0.05, 0) is 42.0 Å². The van der Waals surface area contributed by atoms with E-state index in [1.165, 1.54) is 6.21 Å². The van der Waals surface area contributed by atoms with Crippen LogP contribution < -0.4 is 15.9 Å². The molecule has 1 rings (SSSR count). The summed E-state index contributed by atoms with van der Waals surface area (Å²) in [6.07, 6.45) is -0.984. The van der Waals surface area contributed by atoms with Gasteiger partial charge < -0.3 is 10.5 Å². The Morgan fingerprint density at radius 2 is 2.12 bits per heavy atom. The second-order valence-electron chi connectivity index (χ2n) is 3.01. The highest BCUT2D eigenvalue weighted by Gasteiger charge is 2.02. The van der Waals surface area contributed by atoms with Crippen molar-refractivity contribution >= 4 is 23.5 Å². The van der Waals surface area contributed by atoms with E-state index in [9.17, 15) is 8.78 Å². The molecule has 0 aliphatic rings. The first-order valence-corrected chi connectivity index (χ1v) is 5.08. The van der Waals surface area contributed by atoms with Gasteiger partial charge in [0.25, 0.3) is 6.43 Å². The first kappa shape index (κ1) is 13.3. The lowest BCUT2D eigenvalue weighted by molar-refractivity contribution is 0.0819. The van der Waals surface area contributed by atoms with E-state index in [2.05, 4.69) is 22.7 Å². The molecule has 0 radical (unpaired) electrons. The summed E-state index contributed by atoms with van der Waals surface area (Å²) < 4.78 is 28.5. The van der Waals surface area contributed by atoms with Crippen molar-refractivity contribution in [3.8, 4) is 5.75 Å². The molecule has 4 nitrogen and oxygen atoms in total. The lowest BCUT2D eigenvalue weighted by Crippen LogP contribution is -2.23. The van der Waals surface area contributed by atoms with Crippen LogP contribution in [0.2, 0.25) is 0 Å². The van der Waals surface area contributed by atoms with Crippen LogP contribution >= 0.6 is 12.2 Å². The van der Waals surface area contributed by atoms with Gasteiger partial charge in [0.1, 0.15) is 12.4 Å². The quantitative estimate of drug-likeness (QED) is 0.478. The maximum atomic E-state index is 11.9. The van der Waals surface area contributed by atoms with Crippen LogP contribution in [0.15, 0.2) is 29.4 Å². The van der Waals surface area contributed by atoms with Crippen molar-refractivity contribution in [1.82, 2.24) is 5.43 Å². The van der Waals surface area contributed by atoms with Gasteiger partial charge in [-0.3, -0.25) is 5.43 Å². The Hall–Kier alpha value is -1.76. The molecule has 0 unspecified atom stereocenters. The number of thiocarbonyl (C=S) groups is 1. The fourth-order valence-corrected chi connectivity index (χ4v) is 1.03. The number of nitrogens with one attached hydrogen (secondary N) is 1. The van der Waals surface area contributed by atoms with Crippen LogP contribution in [0.3, 0.4) is 0 Å². The van der Waals surface area contributed by atoms with Gasteiger partial charge in [0.15, 0.2) is 5.11 Å². The number of rotatable bonds is 5. The van der Waals surface area contributed by atoms with Crippen molar-refractivity contribution in [3.05, 3.63) is 29.8 Å². The molecule has 0 fully saturated rings. The lowest BCUT2D eigenvalue weighted by atomic mass is 10.2. The lowest BCUT2D eigenvalue weighted by Gasteiger charge is -2.04. The molecule has 0 saturated heterocycles. The standard InChI is InChI=1S/C10H11F2N3OS/c11-9(12)6-16-8-3-1-7(2-4-8)5-14-15-10(13)17/h1-5,9H,6H2,(H3,13,15,17). The van der Waals surface area contributed by atoms with Crippen molar-refractivity contribution in [3.63, 3.8) is 0 Å². The highest BCUT2D eigenvalue weighted by Crippen LogP contribution is 2.11. The Bertz CT molecular complexity index is 395. The number of hydrogen-bond acceptors (Lipinski definition) is 3. The Balaban J connectivity index is 2.50. The van der Waals surface area contributed by atoms with Crippen molar-refractivity contribution in [2.75, 3.05) is 6.61 Å². The molecule has 0 bridgehead atoms. The Morgan fingerprint density at radius 3 is 2.65 bits per heavy atom. The fourth-order valence-electron chi connectivity index (χ4n) is 0.980. The molecular weight excluding hydrogens is 248 g/mol. The van der Waals surface area contributed by atoms with Crippen molar-refractivity contribution in [2.45, 2.75) is 6.43 Å². The van der Waals surface area contributed by atoms with E-state index in [4.69, 9.17) is 10.5 Å². The molecule has 7 heteroatoms. The zero-order valence-corrected chi connectivity index (χ0v) is 9.58. The van der Waals surface area contributed by atoms with E-state index in [-0.39, 0.29) is 5.11 Å². The van der Waals surface area contributed by atoms with Crippen molar-refractivity contribution in [1.29, 1.82) is 0 Å². The van der Waals surface area contributed by atoms with Gasteiger partial charge in [0.2, 0.25) is 0 Å². The van der Waals surface area contributed by atoms with Gasteiger partial charge in [-0.1, -0.05) is 0 Å². The summed E-state index contributed by atoms with van der Waals surface area (Å²) in [5.74, 6) is 0.379. The average molecular weight is 259 g/mol. The Morgan fingerprint density at radius 1 is 1.47 bits per heavy atom. The van der Waals surface area contributed by atoms with E-state index in [1.54, 1.807) is 24.3 Å². The SMILES string of the molecule is NC(=S)NN=Cc1ccc(OCC(F)F)cc1. The van der Waals surface area contributed by atoms with E-state index < -0.39 is 13.0 Å². The molecular formula is C10H11F2N3OS. The van der Waals surface area contributed by atoms with E-state index >= 15 is 0 Å². The maximum Gasteiger partial charge on any atom is 0.272 e. The molecule has 0 spiro atoms. The molecule has 0 heterocycles. The first-order chi connectivity index (χ1) is 8.08. The van der Waals surface area contributed by atoms with Crippen LogP contribution in [0.1, 0.15) is 5.56 Å². The third-order valence-electron chi connectivity index (χ3n) is 1.64. The maximum absolute atomic E-state index is 11.9. The third-order valence-corrected chi connectivity index (χ3v) is 1.74. The number of nitrogens with zero attached hydrogens (tertiary/aromatic N) is 1. The second kappa shape index (κ2) is 6.74. The van der Waals surface area contributed by atoms with Crippen LogP contribution in [0.4, 0.5) is 8.78 Å². The van der Waals surface area contributed by atoms with E-state index in [1.807, 2.05) is 0 Å².